The van der Waals surface area contributed by atoms with Gasteiger partial charge in [0.05, 0.1) is 35.7 Å². The van der Waals surface area contributed by atoms with Crippen molar-refractivity contribution < 1.29 is 14.3 Å². The minimum Gasteiger partial charge on any atom is -0.466 e. The highest BCUT2D eigenvalue weighted by molar-refractivity contribution is 5.82. The second kappa shape index (κ2) is 10.2. The first kappa shape index (κ1) is 23.2. The summed E-state index contributed by atoms with van der Waals surface area (Å²) in [4.78, 5) is 44.1. The first-order chi connectivity index (χ1) is 15.4. The molecule has 1 amide bonds. The predicted molar refractivity (Wildman–Crippen MR) is 124 cm³/mol. The lowest BCUT2D eigenvalue weighted by atomic mass is 10.1. The molecule has 1 unspecified atom stereocenters. The molecule has 0 bridgehead atoms. The van der Waals surface area contributed by atoms with Gasteiger partial charge in [-0.15, -0.1) is 0 Å². The molecular weight excluding hydrogens is 406 g/mol. The summed E-state index contributed by atoms with van der Waals surface area (Å²) < 4.78 is 6.48. The number of carbonyl (C=O) groups is 2. The summed E-state index contributed by atoms with van der Waals surface area (Å²) in [5.41, 5.74) is 2.25. The molecule has 32 heavy (non-hydrogen) atoms. The second-order valence-electron chi connectivity index (χ2n) is 7.63. The van der Waals surface area contributed by atoms with Crippen LogP contribution in [-0.4, -0.2) is 40.0 Å². The van der Waals surface area contributed by atoms with Gasteiger partial charge >= 0.3 is 5.97 Å². The predicted octanol–water partition coefficient (Wildman–Crippen LogP) is 3.81. The van der Waals surface area contributed by atoms with Crippen molar-refractivity contribution in [3.8, 4) is 5.69 Å². The highest BCUT2D eigenvalue weighted by Gasteiger charge is 2.24. The second-order valence-corrected chi connectivity index (χ2v) is 7.63. The van der Waals surface area contributed by atoms with E-state index in [4.69, 9.17) is 9.72 Å². The van der Waals surface area contributed by atoms with Gasteiger partial charge in [0, 0.05) is 13.5 Å². The van der Waals surface area contributed by atoms with Crippen LogP contribution in [0.3, 0.4) is 0 Å². The Balaban J connectivity index is 2.02. The molecule has 3 rings (SSSR count). The van der Waals surface area contributed by atoms with Crippen LogP contribution in [0.4, 0.5) is 0 Å². The standard InChI is InChI=1S/C25H29N3O4/c1-5-18-11-13-19(14-12-18)28-24(26-21-10-8-7-9-20(21)25(28)31)17(3)27(4)22(29)15-16-23(30)32-6-2/h7-14,17H,5-6,15-16H2,1-4H3. The lowest BCUT2D eigenvalue weighted by molar-refractivity contribution is -0.145. The van der Waals surface area contributed by atoms with Gasteiger partial charge in [-0.2, -0.15) is 0 Å². The topological polar surface area (TPSA) is 81.5 Å². The zero-order chi connectivity index (χ0) is 23.3. The van der Waals surface area contributed by atoms with Gasteiger partial charge in [0.25, 0.3) is 5.56 Å². The number of ether oxygens (including phenoxy) is 1. The Kier molecular flexibility index (Phi) is 7.41. The summed E-state index contributed by atoms with van der Waals surface area (Å²) >= 11 is 0. The zero-order valence-corrected chi connectivity index (χ0v) is 19.0. The number of aryl methyl sites for hydroxylation is 1. The number of fused-ring (bicyclic) bond motifs is 1. The van der Waals surface area contributed by atoms with Crippen LogP contribution in [-0.2, 0) is 20.7 Å². The molecule has 0 fully saturated rings. The number of esters is 1. The molecule has 3 aromatic rings. The summed E-state index contributed by atoms with van der Waals surface area (Å²) in [6.07, 6.45) is 0.939. The minimum atomic E-state index is -0.493. The fourth-order valence-corrected chi connectivity index (χ4v) is 3.57. The van der Waals surface area contributed by atoms with Crippen LogP contribution in [0.5, 0.6) is 0 Å². The molecule has 0 N–H and O–H groups in total. The maximum Gasteiger partial charge on any atom is 0.306 e. The molecule has 0 saturated carbocycles. The quantitative estimate of drug-likeness (QED) is 0.503. The van der Waals surface area contributed by atoms with Gasteiger partial charge in [0.15, 0.2) is 0 Å². The lowest BCUT2D eigenvalue weighted by Crippen LogP contribution is -2.35. The summed E-state index contributed by atoms with van der Waals surface area (Å²) in [5, 5.41) is 0.513. The smallest absolute Gasteiger partial charge is 0.306 e. The SMILES string of the molecule is CCOC(=O)CCC(=O)N(C)C(C)c1nc2ccccc2c(=O)n1-c1ccc(CC)cc1. The van der Waals surface area contributed by atoms with Gasteiger partial charge in [0.2, 0.25) is 5.91 Å². The van der Waals surface area contributed by atoms with Gasteiger partial charge in [-0.1, -0.05) is 31.2 Å². The van der Waals surface area contributed by atoms with E-state index in [0.717, 1.165) is 12.0 Å². The van der Waals surface area contributed by atoms with E-state index in [1.165, 1.54) is 4.90 Å². The maximum atomic E-state index is 13.4. The van der Waals surface area contributed by atoms with Crippen molar-refractivity contribution in [3.63, 3.8) is 0 Å². The average Bonchev–Trinajstić information content (AvgIpc) is 2.82. The van der Waals surface area contributed by atoms with Gasteiger partial charge in [-0.3, -0.25) is 19.0 Å². The number of rotatable bonds is 8. The molecule has 7 nitrogen and oxygen atoms in total. The molecule has 0 aliphatic rings. The van der Waals surface area contributed by atoms with Gasteiger partial charge in [0.1, 0.15) is 5.82 Å². The van der Waals surface area contributed by atoms with Crippen molar-refractivity contribution in [2.75, 3.05) is 13.7 Å². The van der Waals surface area contributed by atoms with E-state index in [0.29, 0.717) is 22.4 Å². The lowest BCUT2D eigenvalue weighted by Gasteiger charge is -2.27. The highest BCUT2D eigenvalue weighted by atomic mass is 16.5. The van der Waals surface area contributed by atoms with E-state index in [1.807, 2.05) is 43.3 Å². The number of aromatic nitrogens is 2. The molecule has 0 spiro atoms. The number of para-hydroxylation sites is 1. The van der Waals surface area contributed by atoms with Crippen molar-refractivity contribution in [1.29, 1.82) is 0 Å². The molecule has 0 saturated heterocycles. The third-order valence-corrected chi connectivity index (χ3v) is 5.60. The molecule has 0 aliphatic carbocycles. The van der Waals surface area contributed by atoms with E-state index >= 15 is 0 Å². The molecule has 0 radical (unpaired) electrons. The number of carbonyl (C=O) groups excluding carboxylic acids is 2. The van der Waals surface area contributed by atoms with Crippen molar-refractivity contribution in [1.82, 2.24) is 14.5 Å². The minimum absolute atomic E-state index is 0.0141. The highest BCUT2D eigenvalue weighted by Crippen LogP contribution is 2.23. The Labute approximate surface area is 187 Å². The van der Waals surface area contributed by atoms with Crippen LogP contribution >= 0.6 is 0 Å². The number of hydrogen-bond donors (Lipinski definition) is 0. The molecule has 1 heterocycles. The van der Waals surface area contributed by atoms with E-state index in [1.54, 1.807) is 30.7 Å². The Bertz CT molecular complexity index is 1170. The van der Waals surface area contributed by atoms with Crippen molar-refractivity contribution >= 4 is 22.8 Å². The molecule has 1 atom stereocenters. The van der Waals surface area contributed by atoms with Crippen molar-refractivity contribution in [2.24, 2.45) is 0 Å². The Morgan fingerprint density at radius 1 is 1.06 bits per heavy atom. The zero-order valence-electron chi connectivity index (χ0n) is 19.0. The average molecular weight is 436 g/mol. The molecule has 7 heteroatoms. The van der Waals surface area contributed by atoms with Crippen LogP contribution in [0.25, 0.3) is 16.6 Å². The third kappa shape index (κ3) is 4.88. The van der Waals surface area contributed by atoms with Crippen LogP contribution < -0.4 is 5.56 Å². The summed E-state index contributed by atoms with van der Waals surface area (Å²) in [6, 6.07) is 14.5. The first-order valence-electron chi connectivity index (χ1n) is 10.9. The number of hydrogen-bond acceptors (Lipinski definition) is 5. The van der Waals surface area contributed by atoms with Gasteiger partial charge in [-0.05, 0) is 50.1 Å². The van der Waals surface area contributed by atoms with E-state index < -0.39 is 12.0 Å². The normalized spacial score (nSPS) is 11.9. The molecule has 1 aromatic heterocycles. The summed E-state index contributed by atoms with van der Waals surface area (Å²) in [6.45, 7) is 5.91. The monoisotopic (exact) mass is 435 g/mol. The largest absolute Gasteiger partial charge is 0.466 e. The molecule has 0 aliphatic heterocycles. The molecule has 168 valence electrons. The van der Waals surface area contributed by atoms with Crippen molar-refractivity contribution in [3.05, 3.63) is 70.3 Å². The Morgan fingerprint density at radius 3 is 2.41 bits per heavy atom. The van der Waals surface area contributed by atoms with E-state index in [2.05, 4.69) is 6.92 Å². The summed E-state index contributed by atoms with van der Waals surface area (Å²) in [7, 11) is 1.66. The van der Waals surface area contributed by atoms with Crippen LogP contribution in [0.1, 0.15) is 51.0 Å². The number of amides is 1. The third-order valence-electron chi connectivity index (χ3n) is 5.60. The Morgan fingerprint density at radius 2 is 1.75 bits per heavy atom. The van der Waals surface area contributed by atoms with E-state index in [-0.39, 0.29) is 30.9 Å². The van der Waals surface area contributed by atoms with Crippen LogP contribution in [0.15, 0.2) is 53.3 Å². The first-order valence-corrected chi connectivity index (χ1v) is 10.9. The summed E-state index contributed by atoms with van der Waals surface area (Å²) in [5.74, 6) is -0.163. The number of benzene rings is 2. The van der Waals surface area contributed by atoms with Crippen LogP contribution in [0, 0.1) is 0 Å². The maximum absolute atomic E-state index is 13.4. The molecule has 2 aromatic carbocycles. The van der Waals surface area contributed by atoms with E-state index in [9.17, 15) is 14.4 Å². The van der Waals surface area contributed by atoms with Crippen LogP contribution in [0.2, 0.25) is 0 Å². The number of nitrogens with zero attached hydrogens (tertiary/aromatic N) is 3. The van der Waals surface area contributed by atoms with Crippen molar-refractivity contribution in [2.45, 2.75) is 46.1 Å². The van der Waals surface area contributed by atoms with Gasteiger partial charge in [-0.25, -0.2) is 4.98 Å². The fraction of sp³-hybridized carbons (Fsp3) is 0.360. The Hall–Kier alpha value is -3.48. The fourth-order valence-electron chi connectivity index (χ4n) is 3.57. The van der Waals surface area contributed by atoms with Gasteiger partial charge < -0.3 is 9.64 Å². The molecular formula is C25H29N3O4.